The average Bonchev–Trinajstić information content (AvgIpc) is 2.87. The third-order valence-corrected chi connectivity index (χ3v) is 6.66. The first kappa shape index (κ1) is 29.8. The average molecular weight is 575 g/mol. The quantitative estimate of drug-likeness (QED) is 0.306. The van der Waals surface area contributed by atoms with Gasteiger partial charge in [0.15, 0.2) is 0 Å². The zero-order valence-electron chi connectivity index (χ0n) is 21.6. The molecule has 39 heavy (non-hydrogen) atoms. The van der Waals surface area contributed by atoms with Gasteiger partial charge in [-0.15, -0.1) is 0 Å². The summed E-state index contributed by atoms with van der Waals surface area (Å²) in [5, 5.41) is 19.1. The van der Waals surface area contributed by atoms with E-state index in [1.54, 1.807) is 20.8 Å². The van der Waals surface area contributed by atoms with Crippen LogP contribution >= 0.6 is 23.2 Å². The van der Waals surface area contributed by atoms with Crippen molar-refractivity contribution in [3.8, 4) is 28.5 Å². The normalized spacial score (nSPS) is 11.6. The summed E-state index contributed by atoms with van der Waals surface area (Å²) in [6, 6.07) is 8.19. The van der Waals surface area contributed by atoms with E-state index >= 15 is 4.39 Å². The van der Waals surface area contributed by atoms with E-state index in [0.29, 0.717) is 6.61 Å². The molecule has 0 aliphatic heterocycles. The van der Waals surface area contributed by atoms with Gasteiger partial charge in [-0.05, 0) is 52.0 Å². The molecule has 0 radical (unpaired) electrons. The topological polar surface area (TPSA) is 119 Å². The molecular formula is C28H25Cl2FN2O6. The van der Waals surface area contributed by atoms with E-state index in [0.717, 1.165) is 12.1 Å². The van der Waals surface area contributed by atoms with Crippen molar-refractivity contribution >= 4 is 35.1 Å². The van der Waals surface area contributed by atoms with Crippen LogP contribution in [0.25, 0.3) is 22.4 Å². The molecule has 8 nitrogen and oxygen atoms in total. The van der Waals surface area contributed by atoms with Crippen LogP contribution in [0.3, 0.4) is 0 Å². The lowest BCUT2D eigenvalue weighted by Crippen LogP contribution is -2.26. The number of rotatable bonds is 9. The number of nitrogens with zero attached hydrogens (tertiary/aromatic N) is 2. The lowest BCUT2D eigenvalue weighted by Gasteiger charge is -2.22. The number of halogens is 3. The maximum Gasteiger partial charge on any atom is 0.341 e. The van der Waals surface area contributed by atoms with Crippen LogP contribution in [0.4, 0.5) is 4.39 Å². The summed E-state index contributed by atoms with van der Waals surface area (Å²) < 4.78 is 27.4. The minimum Gasteiger partial charge on any atom is -0.477 e. The molecule has 0 saturated heterocycles. The summed E-state index contributed by atoms with van der Waals surface area (Å²) in [5.74, 6) is -3.32. The molecule has 2 aromatic carbocycles. The standard InChI is InChI=1S/C28H25Cl2FN2O6/c1-5-33-15(4)23(19-10-18(21(30)11-22(19)31)28(37)39-14(3)13-38-6-2)26(34)24(27(35)36)25(33)16-7-8-17(12-32)20(29)9-16/h7-11,14H,5-6,13H2,1-4H3,(H,35,36). The maximum atomic E-state index is 15.3. The van der Waals surface area contributed by atoms with Crippen LogP contribution in [0.5, 0.6) is 0 Å². The second kappa shape index (κ2) is 12.4. The van der Waals surface area contributed by atoms with Crippen LogP contribution in [0, 0.1) is 24.1 Å². The van der Waals surface area contributed by atoms with Crippen molar-refractivity contribution in [3.63, 3.8) is 0 Å². The van der Waals surface area contributed by atoms with Gasteiger partial charge in [-0.1, -0.05) is 29.3 Å². The van der Waals surface area contributed by atoms with Crippen LogP contribution in [0.2, 0.25) is 10.0 Å². The van der Waals surface area contributed by atoms with E-state index in [1.165, 1.54) is 29.7 Å². The van der Waals surface area contributed by atoms with E-state index in [4.69, 9.17) is 32.7 Å². The van der Waals surface area contributed by atoms with Gasteiger partial charge >= 0.3 is 11.9 Å². The molecule has 0 saturated carbocycles. The smallest absolute Gasteiger partial charge is 0.341 e. The van der Waals surface area contributed by atoms with Gasteiger partial charge in [-0.3, -0.25) is 4.79 Å². The van der Waals surface area contributed by atoms with Gasteiger partial charge < -0.3 is 19.1 Å². The zero-order chi connectivity index (χ0) is 29.0. The van der Waals surface area contributed by atoms with E-state index in [2.05, 4.69) is 0 Å². The van der Waals surface area contributed by atoms with Crippen LogP contribution in [0.1, 0.15) is 52.7 Å². The lowest BCUT2D eigenvalue weighted by molar-refractivity contribution is 0.00440. The number of pyridine rings is 1. The number of hydrogen-bond acceptors (Lipinski definition) is 6. The van der Waals surface area contributed by atoms with Crippen molar-refractivity contribution in [2.75, 3.05) is 13.2 Å². The molecule has 3 aromatic rings. The Morgan fingerprint density at radius 3 is 2.44 bits per heavy atom. The third-order valence-electron chi connectivity index (χ3n) is 6.03. The minimum absolute atomic E-state index is 0.0430. The molecule has 1 atom stereocenters. The largest absolute Gasteiger partial charge is 0.477 e. The van der Waals surface area contributed by atoms with E-state index < -0.39 is 34.9 Å². The number of esters is 1. The summed E-state index contributed by atoms with van der Waals surface area (Å²) in [7, 11) is 0. The molecule has 0 spiro atoms. The highest BCUT2D eigenvalue weighted by Gasteiger charge is 2.28. The highest BCUT2D eigenvalue weighted by Crippen LogP contribution is 2.34. The zero-order valence-corrected chi connectivity index (χ0v) is 23.1. The fourth-order valence-corrected chi connectivity index (χ4v) is 4.71. The summed E-state index contributed by atoms with van der Waals surface area (Å²) in [6.45, 7) is 7.42. The Kier molecular flexibility index (Phi) is 9.51. The molecule has 1 aromatic heterocycles. The van der Waals surface area contributed by atoms with Gasteiger partial charge in [0.2, 0.25) is 5.43 Å². The molecule has 3 rings (SSSR count). The number of aromatic carboxylic acids is 1. The van der Waals surface area contributed by atoms with Crippen molar-refractivity contribution in [3.05, 3.63) is 78.8 Å². The maximum absolute atomic E-state index is 15.3. The predicted molar refractivity (Wildman–Crippen MR) is 145 cm³/mol. The first-order valence-electron chi connectivity index (χ1n) is 11.9. The number of carbonyl (C=O) groups excluding carboxylic acids is 1. The van der Waals surface area contributed by atoms with E-state index in [9.17, 15) is 24.8 Å². The first-order valence-corrected chi connectivity index (χ1v) is 12.7. The highest BCUT2D eigenvalue weighted by molar-refractivity contribution is 6.33. The fraction of sp³-hybridized carbons (Fsp3) is 0.286. The molecule has 0 fully saturated rings. The lowest BCUT2D eigenvalue weighted by atomic mass is 9.94. The van der Waals surface area contributed by atoms with Gasteiger partial charge in [-0.2, -0.15) is 5.26 Å². The number of carbonyl (C=O) groups is 2. The molecular weight excluding hydrogens is 550 g/mol. The van der Waals surface area contributed by atoms with Gasteiger partial charge in [0.25, 0.3) is 0 Å². The number of benzene rings is 2. The summed E-state index contributed by atoms with van der Waals surface area (Å²) in [6.07, 6.45) is -0.627. The van der Waals surface area contributed by atoms with Gasteiger partial charge in [0.05, 0.1) is 39.0 Å². The molecule has 0 amide bonds. The Balaban J connectivity index is 2.30. The number of carboxylic acids is 1. The predicted octanol–water partition coefficient (Wildman–Crippen LogP) is 6.11. The van der Waals surface area contributed by atoms with E-state index in [1.807, 2.05) is 6.07 Å². The van der Waals surface area contributed by atoms with Crippen LogP contribution in [0.15, 0.2) is 35.1 Å². The second-order valence-electron chi connectivity index (χ2n) is 8.56. The molecule has 1 unspecified atom stereocenters. The second-order valence-corrected chi connectivity index (χ2v) is 9.37. The number of aromatic nitrogens is 1. The summed E-state index contributed by atoms with van der Waals surface area (Å²) in [4.78, 5) is 38.9. The highest BCUT2D eigenvalue weighted by atomic mass is 35.5. The summed E-state index contributed by atoms with van der Waals surface area (Å²) >= 11 is 12.3. The van der Waals surface area contributed by atoms with E-state index in [-0.39, 0.29) is 62.4 Å². The van der Waals surface area contributed by atoms with Crippen LogP contribution < -0.4 is 5.43 Å². The Morgan fingerprint density at radius 2 is 1.87 bits per heavy atom. The molecule has 0 aliphatic rings. The molecule has 1 heterocycles. The fourth-order valence-electron chi connectivity index (χ4n) is 4.26. The minimum atomic E-state index is -1.54. The van der Waals surface area contributed by atoms with Crippen LogP contribution in [-0.4, -0.2) is 40.9 Å². The summed E-state index contributed by atoms with van der Waals surface area (Å²) in [5.41, 5.74) is -1.59. The number of carboxylic acid groups (broad SMARTS) is 1. The number of nitriles is 1. The molecule has 0 aliphatic carbocycles. The Bertz CT molecular complexity index is 1560. The van der Waals surface area contributed by atoms with Crippen LogP contribution in [-0.2, 0) is 16.0 Å². The van der Waals surface area contributed by atoms with Crippen molar-refractivity contribution in [1.82, 2.24) is 4.57 Å². The molecule has 0 bridgehead atoms. The number of hydrogen-bond donors (Lipinski definition) is 1. The molecule has 1 N–H and O–H groups in total. The monoisotopic (exact) mass is 574 g/mol. The first-order chi connectivity index (χ1) is 18.5. The Morgan fingerprint density at radius 1 is 1.18 bits per heavy atom. The van der Waals surface area contributed by atoms with Gasteiger partial charge in [0.1, 0.15) is 23.6 Å². The van der Waals surface area contributed by atoms with Crippen molar-refractivity contribution in [2.45, 2.75) is 40.3 Å². The van der Waals surface area contributed by atoms with Gasteiger partial charge in [-0.25, -0.2) is 14.0 Å². The number of ether oxygens (including phenoxy) is 2. The van der Waals surface area contributed by atoms with Crippen molar-refractivity contribution in [1.29, 1.82) is 5.26 Å². The van der Waals surface area contributed by atoms with Crippen molar-refractivity contribution in [2.24, 2.45) is 0 Å². The molecule has 204 valence electrons. The Labute approximate surface area is 234 Å². The van der Waals surface area contributed by atoms with Crippen molar-refractivity contribution < 1.29 is 28.6 Å². The molecule has 11 heteroatoms. The Hall–Kier alpha value is -3.71. The van der Waals surface area contributed by atoms with Gasteiger partial charge in [0, 0.05) is 30.0 Å². The SMILES string of the molecule is CCOCC(C)OC(=O)c1cc(-c2c(C)n(CC)c(-c3ccc(C#N)c(Cl)c3)c(C(=O)O)c2=O)c(F)cc1Cl. The third kappa shape index (κ3) is 5.98.